The van der Waals surface area contributed by atoms with Crippen molar-refractivity contribution in [1.29, 1.82) is 0 Å². The SMILES string of the molecule is Cn1cc(C(=O)ON2C(=O)c3ccccc3C2=O)c(C(C)(C)C)n1. The molecule has 0 atom stereocenters. The highest BCUT2D eigenvalue weighted by atomic mass is 16.7. The number of aromatic nitrogens is 2. The predicted molar refractivity (Wildman–Crippen MR) is 84.3 cm³/mol. The molecule has 0 saturated heterocycles. The van der Waals surface area contributed by atoms with Crippen molar-refractivity contribution in [2.75, 3.05) is 0 Å². The minimum absolute atomic E-state index is 0.220. The van der Waals surface area contributed by atoms with E-state index in [1.54, 1.807) is 19.2 Å². The minimum Gasteiger partial charge on any atom is -0.324 e. The Kier molecular flexibility index (Phi) is 3.51. The molecular weight excluding hydrogens is 310 g/mol. The summed E-state index contributed by atoms with van der Waals surface area (Å²) in [5.74, 6) is -2.09. The summed E-state index contributed by atoms with van der Waals surface area (Å²) in [6.45, 7) is 5.73. The quantitative estimate of drug-likeness (QED) is 0.789. The lowest BCUT2D eigenvalue weighted by atomic mass is 9.90. The number of carbonyl (C=O) groups excluding carboxylic acids is 3. The van der Waals surface area contributed by atoms with Crippen molar-refractivity contribution in [1.82, 2.24) is 14.8 Å². The van der Waals surface area contributed by atoms with Crippen LogP contribution in [0.3, 0.4) is 0 Å². The van der Waals surface area contributed by atoms with Gasteiger partial charge in [-0.1, -0.05) is 38.0 Å². The number of hydroxylamine groups is 2. The Morgan fingerprint density at radius 3 is 2.12 bits per heavy atom. The second-order valence-electron chi connectivity index (χ2n) is 6.64. The zero-order valence-corrected chi connectivity index (χ0v) is 13.9. The van der Waals surface area contributed by atoms with Crippen LogP contribution in [0.25, 0.3) is 0 Å². The zero-order valence-electron chi connectivity index (χ0n) is 13.9. The van der Waals surface area contributed by atoms with Gasteiger partial charge in [0.15, 0.2) is 0 Å². The van der Waals surface area contributed by atoms with Gasteiger partial charge < -0.3 is 4.84 Å². The second-order valence-corrected chi connectivity index (χ2v) is 6.64. The summed E-state index contributed by atoms with van der Waals surface area (Å²) in [5.41, 5.74) is 0.806. The van der Waals surface area contributed by atoms with Crippen molar-refractivity contribution in [3.05, 3.63) is 52.8 Å². The molecule has 7 heteroatoms. The lowest BCUT2D eigenvalue weighted by Crippen LogP contribution is -2.33. The van der Waals surface area contributed by atoms with Gasteiger partial charge in [0.25, 0.3) is 11.8 Å². The van der Waals surface area contributed by atoms with Gasteiger partial charge in [0, 0.05) is 18.7 Å². The second kappa shape index (κ2) is 5.30. The maximum atomic E-state index is 12.5. The molecule has 1 aliphatic heterocycles. The van der Waals surface area contributed by atoms with Gasteiger partial charge in [-0.2, -0.15) is 5.10 Å². The van der Waals surface area contributed by atoms with E-state index in [0.717, 1.165) is 0 Å². The maximum Gasteiger partial charge on any atom is 0.367 e. The molecule has 0 bridgehead atoms. The fourth-order valence-corrected chi connectivity index (χ4v) is 2.57. The summed E-state index contributed by atoms with van der Waals surface area (Å²) in [4.78, 5) is 42.1. The highest BCUT2D eigenvalue weighted by Gasteiger charge is 2.39. The highest BCUT2D eigenvalue weighted by Crippen LogP contribution is 2.27. The maximum absolute atomic E-state index is 12.5. The van der Waals surface area contributed by atoms with Crippen molar-refractivity contribution < 1.29 is 19.2 Å². The number of amides is 2. The van der Waals surface area contributed by atoms with E-state index < -0.39 is 23.2 Å². The van der Waals surface area contributed by atoms with Crippen LogP contribution in [0.15, 0.2) is 30.5 Å². The first-order valence-electron chi connectivity index (χ1n) is 7.44. The van der Waals surface area contributed by atoms with Gasteiger partial charge in [-0.15, -0.1) is 0 Å². The Balaban J connectivity index is 1.90. The van der Waals surface area contributed by atoms with Crippen LogP contribution in [0.4, 0.5) is 0 Å². The molecule has 2 heterocycles. The van der Waals surface area contributed by atoms with Crippen LogP contribution in [0.2, 0.25) is 0 Å². The van der Waals surface area contributed by atoms with Gasteiger partial charge in [-0.25, -0.2) is 4.79 Å². The summed E-state index contributed by atoms with van der Waals surface area (Å²) in [7, 11) is 1.69. The van der Waals surface area contributed by atoms with Crippen LogP contribution in [0, 0.1) is 0 Å². The number of benzene rings is 1. The first kappa shape index (κ1) is 15.9. The molecule has 7 nitrogen and oxygen atoms in total. The number of imide groups is 1. The smallest absolute Gasteiger partial charge is 0.324 e. The Bertz CT molecular complexity index is 826. The largest absolute Gasteiger partial charge is 0.367 e. The molecular formula is C17H17N3O4. The Morgan fingerprint density at radius 1 is 1.08 bits per heavy atom. The standard InChI is InChI=1S/C17H17N3O4/c1-17(2,3)13-12(9-19(4)18-13)16(23)24-20-14(21)10-7-5-6-8-11(10)15(20)22/h5-9H,1-4H3. The molecule has 0 N–H and O–H groups in total. The zero-order chi connectivity index (χ0) is 17.6. The molecule has 0 aliphatic carbocycles. The van der Waals surface area contributed by atoms with Gasteiger partial charge in [0.05, 0.1) is 16.8 Å². The molecule has 1 aromatic heterocycles. The number of rotatable bonds is 2. The van der Waals surface area contributed by atoms with E-state index in [9.17, 15) is 14.4 Å². The van der Waals surface area contributed by atoms with Gasteiger partial charge in [-0.3, -0.25) is 14.3 Å². The van der Waals surface area contributed by atoms with Crippen LogP contribution < -0.4 is 0 Å². The van der Waals surface area contributed by atoms with Crippen LogP contribution in [0.5, 0.6) is 0 Å². The Labute approximate surface area is 138 Å². The predicted octanol–water partition coefficient (Wildman–Crippen LogP) is 2.09. The molecule has 0 radical (unpaired) electrons. The number of hydrogen-bond donors (Lipinski definition) is 0. The van der Waals surface area contributed by atoms with Gasteiger partial charge in [0.1, 0.15) is 5.56 Å². The molecule has 0 fully saturated rings. The van der Waals surface area contributed by atoms with Crippen molar-refractivity contribution in [3.63, 3.8) is 0 Å². The van der Waals surface area contributed by atoms with E-state index in [2.05, 4.69) is 5.10 Å². The first-order chi connectivity index (χ1) is 11.2. The van der Waals surface area contributed by atoms with Crippen LogP contribution >= 0.6 is 0 Å². The molecule has 2 amide bonds. The Morgan fingerprint density at radius 2 is 1.62 bits per heavy atom. The molecule has 3 rings (SSSR count). The molecule has 24 heavy (non-hydrogen) atoms. The van der Waals surface area contributed by atoms with E-state index in [4.69, 9.17) is 4.84 Å². The topological polar surface area (TPSA) is 81.5 Å². The Hall–Kier alpha value is -2.96. The molecule has 0 saturated carbocycles. The van der Waals surface area contributed by atoms with Gasteiger partial charge in [-0.05, 0) is 12.1 Å². The van der Waals surface area contributed by atoms with Crippen molar-refractivity contribution in [3.8, 4) is 0 Å². The van der Waals surface area contributed by atoms with Crippen LogP contribution in [-0.4, -0.2) is 32.6 Å². The van der Waals surface area contributed by atoms with E-state index in [1.807, 2.05) is 20.8 Å². The lowest BCUT2D eigenvalue weighted by molar-refractivity contribution is -0.0585. The highest BCUT2D eigenvalue weighted by molar-refractivity contribution is 6.21. The number of aryl methyl sites for hydroxylation is 1. The average Bonchev–Trinajstić information content (AvgIpc) is 3.02. The summed E-state index contributed by atoms with van der Waals surface area (Å²) in [6.07, 6.45) is 1.51. The van der Waals surface area contributed by atoms with Crippen molar-refractivity contribution in [2.45, 2.75) is 26.2 Å². The van der Waals surface area contributed by atoms with E-state index in [1.165, 1.54) is 23.0 Å². The fraction of sp³-hybridized carbons (Fsp3) is 0.294. The van der Waals surface area contributed by atoms with E-state index >= 15 is 0 Å². The third-order valence-electron chi connectivity index (χ3n) is 3.69. The number of nitrogens with zero attached hydrogens (tertiary/aromatic N) is 3. The van der Waals surface area contributed by atoms with E-state index in [-0.39, 0.29) is 16.7 Å². The number of hydrogen-bond acceptors (Lipinski definition) is 5. The summed E-state index contributed by atoms with van der Waals surface area (Å²) < 4.78 is 1.50. The normalized spacial score (nSPS) is 14.1. The molecule has 1 aliphatic rings. The van der Waals surface area contributed by atoms with Gasteiger partial charge >= 0.3 is 5.97 Å². The third kappa shape index (κ3) is 2.47. The first-order valence-corrected chi connectivity index (χ1v) is 7.44. The van der Waals surface area contributed by atoms with Crippen molar-refractivity contribution in [2.24, 2.45) is 7.05 Å². The summed E-state index contributed by atoms with van der Waals surface area (Å²) in [5, 5.41) is 4.79. The van der Waals surface area contributed by atoms with Crippen LogP contribution in [0.1, 0.15) is 57.5 Å². The molecule has 0 spiro atoms. The number of carbonyl (C=O) groups is 3. The molecule has 0 unspecified atom stereocenters. The van der Waals surface area contributed by atoms with Gasteiger partial charge in [0.2, 0.25) is 0 Å². The van der Waals surface area contributed by atoms with E-state index in [0.29, 0.717) is 10.8 Å². The molecule has 2 aromatic rings. The fourth-order valence-electron chi connectivity index (χ4n) is 2.57. The molecule has 1 aromatic carbocycles. The molecule has 124 valence electrons. The third-order valence-corrected chi connectivity index (χ3v) is 3.69. The minimum atomic E-state index is -0.789. The summed E-state index contributed by atoms with van der Waals surface area (Å²) in [6, 6.07) is 6.34. The lowest BCUT2D eigenvalue weighted by Gasteiger charge is -2.18. The van der Waals surface area contributed by atoms with Crippen molar-refractivity contribution >= 4 is 17.8 Å². The van der Waals surface area contributed by atoms with Crippen LogP contribution in [-0.2, 0) is 17.3 Å². The average molecular weight is 327 g/mol. The monoisotopic (exact) mass is 327 g/mol. The number of fused-ring (bicyclic) bond motifs is 1. The summed E-state index contributed by atoms with van der Waals surface area (Å²) >= 11 is 0.